The molecule has 42 heavy (non-hydrogen) atoms. The zero-order chi connectivity index (χ0) is 29.6. The van der Waals surface area contributed by atoms with Gasteiger partial charge in [-0.3, -0.25) is 14.6 Å². The first-order valence-corrected chi connectivity index (χ1v) is 14.4. The van der Waals surface area contributed by atoms with E-state index in [1.165, 1.54) is 29.0 Å². The lowest BCUT2D eigenvalue weighted by Crippen LogP contribution is -2.35. The highest BCUT2D eigenvalue weighted by Gasteiger charge is 2.16. The Bertz CT molecular complexity index is 1760. The molecule has 3 N–H and O–H groups in total. The van der Waals surface area contributed by atoms with Crippen LogP contribution in [0.5, 0.6) is 11.5 Å². The normalized spacial score (nSPS) is 10.9. The van der Waals surface area contributed by atoms with Gasteiger partial charge in [0.2, 0.25) is 5.91 Å². The van der Waals surface area contributed by atoms with Crippen LogP contribution >= 0.6 is 23.6 Å². The number of rotatable bonds is 8. The average molecular weight is 599 g/mol. The van der Waals surface area contributed by atoms with Crippen LogP contribution in [0.3, 0.4) is 0 Å². The fraction of sp³-hybridized carbons (Fsp3) is 0.125. The number of fused-ring (bicyclic) bond motifs is 1. The number of hydrogen-bond donors (Lipinski definition) is 3. The van der Waals surface area contributed by atoms with Crippen LogP contribution in [0, 0.1) is 5.82 Å². The van der Waals surface area contributed by atoms with E-state index < -0.39 is 5.82 Å². The zero-order valence-corrected chi connectivity index (χ0v) is 24.4. The van der Waals surface area contributed by atoms with E-state index in [-0.39, 0.29) is 29.1 Å². The summed E-state index contributed by atoms with van der Waals surface area (Å²) < 4.78 is 21.5. The Labute approximate surface area is 251 Å². The maximum atomic E-state index is 15.0. The number of halogens is 1. The molecule has 0 aliphatic heterocycles. The first-order chi connectivity index (χ1) is 20.2. The molecule has 2 heterocycles. The SMILES string of the molecule is CC(C)c1ccc(NC(=O)c2cc3nccc(Oc4ccc(NC(=S)NC(=O)Cc5ccccc5)cc4F)c3s2)cc1. The highest BCUT2D eigenvalue weighted by atomic mass is 32.1. The van der Waals surface area contributed by atoms with Gasteiger partial charge in [-0.1, -0.05) is 56.3 Å². The van der Waals surface area contributed by atoms with Crippen LogP contribution in [0.15, 0.2) is 91.1 Å². The lowest BCUT2D eigenvalue weighted by molar-refractivity contribution is -0.119. The smallest absolute Gasteiger partial charge is 0.265 e. The maximum Gasteiger partial charge on any atom is 0.265 e. The third-order valence-electron chi connectivity index (χ3n) is 6.30. The summed E-state index contributed by atoms with van der Waals surface area (Å²) in [6.45, 7) is 4.22. The molecular weight excluding hydrogens is 572 g/mol. The van der Waals surface area contributed by atoms with Crippen molar-refractivity contribution in [1.29, 1.82) is 0 Å². The van der Waals surface area contributed by atoms with E-state index in [0.717, 1.165) is 5.56 Å². The van der Waals surface area contributed by atoms with Gasteiger partial charge in [-0.15, -0.1) is 11.3 Å². The minimum absolute atomic E-state index is 0.0169. The van der Waals surface area contributed by atoms with Gasteiger partial charge in [-0.25, -0.2) is 4.39 Å². The third-order valence-corrected chi connectivity index (χ3v) is 7.65. The van der Waals surface area contributed by atoms with Gasteiger partial charge < -0.3 is 20.7 Å². The summed E-state index contributed by atoms with van der Waals surface area (Å²) in [5.74, 6) is -0.439. The second kappa shape index (κ2) is 12.9. The van der Waals surface area contributed by atoms with E-state index in [0.29, 0.717) is 38.1 Å². The van der Waals surface area contributed by atoms with Crippen LogP contribution in [0.1, 0.15) is 40.6 Å². The Hall–Kier alpha value is -4.67. The Morgan fingerprint density at radius 2 is 1.67 bits per heavy atom. The molecular formula is C32H27FN4O3S2. The first kappa shape index (κ1) is 28.8. The number of aromatic nitrogens is 1. The number of anilines is 2. The van der Waals surface area contributed by atoms with E-state index in [1.807, 2.05) is 54.6 Å². The molecule has 3 aromatic carbocycles. The number of benzene rings is 3. The number of carbonyl (C=O) groups is 2. The van der Waals surface area contributed by atoms with Crippen molar-refractivity contribution < 1.29 is 18.7 Å². The summed E-state index contributed by atoms with van der Waals surface area (Å²) in [7, 11) is 0. The predicted octanol–water partition coefficient (Wildman–Crippen LogP) is 7.66. The first-order valence-electron chi connectivity index (χ1n) is 13.2. The van der Waals surface area contributed by atoms with Crippen LogP contribution in [-0.4, -0.2) is 21.9 Å². The molecule has 0 aliphatic rings. The van der Waals surface area contributed by atoms with E-state index in [1.54, 1.807) is 24.4 Å². The second-order valence-corrected chi connectivity index (χ2v) is 11.2. The number of hydrogen-bond acceptors (Lipinski definition) is 6. The summed E-state index contributed by atoms with van der Waals surface area (Å²) in [6.07, 6.45) is 1.71. The van der Waals surface area contributed by atoms with E-state index in [2.05, 4.69) is 34.8 Å². The lowest BCUT2D eigenvalue weighted by Gasteiger charge is -2.12. The number of carbonyl (C=O) groups excluding carboxylic acids is 2. The largest absolute Gasteiger partial charge is 0.453 e. The van der Waals surface area contributed by atoms with Gasteiger partial charge >= 0.3 is 0 Å². The Balaban J connectivity index is 1.23. The van der Waals surface area contributed by atoms with E-state index in [9.17, 15) is 9.59 Å². The molecule has 0 unspecified atom stereocenters. The van der Waals surface area contributed by atoms with Crippen molar-refractivity contribution in [3.63, 3.8) is 0 Å². The number of pyridine rings is 1. The third kappa shape index (κ3) is 7.15. The van der Waals surface area contributed by atoms with Gasteiger partial charge in [0.05, 0.1) is 21.5 Å². The van der Waals surface area contributed by atoms with Crippen LogP contribution < -0.4 is 20.7 Å². The van der Waals surface area contributed by atoms with Gasteiger partial charge in [-0.2, -0.15) is 0 Å². The Morgan fingerprint density at radius 3 is 2.38 bits per heavy atom. The molecule has 2 amide bonds. The van der Waals surface area contributed by atoms with Crippen molar-refractivity contribution >= 4 is 62.1 Å². The fourth-order valence-corrected chi connectivity index (χ4v) is 5.34. The van der Waals surface area contributed by atoms with Crippen molar-refractivity contribution in [2.24, 2.45) is 0 Å². The van der Waals surface area contributed by atoms with Gasteiger partial charge in [0.25, 0.3) is 5.91 Å². The van der Waals surface area contributed by atoms with Crippen LogP contribution in [0.25, 0.3) is 10.2 Å². The number of thiocarbonyl (C=S) groups is 1. The molecule has 0 aliphatic carbocycles. The standard InChI is InChI=1S/C32H27FN4O3S2/c1-19(2)21-8-10-22(11-9-21)35-31(39)28-18-25-30(42-28)27(14-15-34-25)40-26-13-12-23(17-24(26)33)36-32(41)37-29(38)16-20-6-4-3-5-7-20/h3-15,17-19H,16H2,1-2H3,(H,35,39)(H2,36,37,38,41). The van der Waals surface area contributed by atoms with Gasteiger partial charge in [0.15, 0.2) is 16.7 Å². The van der Waals surface area contributed by atoms with Gasteiger partial charge in [0, 0.05) is 29.7 Å². The molecule has 0 atom stereocenters. The van der Waals surface area contributed by atoms with Crippen LogP contribution in [-0.2, 0) is 11.2 Å². The van der Waals surface area contributed by atoms with Crippen molar-refractivity contribution in [2.45, 2.75) is 26.2 Å². The molecule has 0 fully saturated rings. The number of ether oxygens (including phenoxy) is 1. The van der Waals surface area contributed by atoms with Crippen molar-refractivity contribution in [1.82, 2.24) is 10.3 Å². The minimum atomic E-state index is -0.636. The summed E-state index contributed by atoms with van der Waals surface area (Å²) in [5, 5.41) is 8.37. The predicted molar refractivity (Wildman–Crippen MR) is 169 cm³/mol. The van der Waals surface area contributed by atoms with E-state index in [4.69, 9.17) is 17.0 Å². The molecule has 0 spiro atoms. The average Bonchev–Trinajstić information content (AvgIpc) is 3.41. The molecule has 212 valence electrons. The molecule has 0 bridgehead atoms. The maximum absolute atomic E-state index is 15.0. The highest BCUT2D eigenvalue weighted by molar-refractivity contribution is 7.80. The fourth-order valence-electron chi connectivity index (χ4n) is 4.15. The van der Waals surface area contributed by atoms with Crippen LogP contribution in [0.2, 0.25) is 0 Å². The van der Waals surface area contributed by atoms with Gasteiger partial charge in [0.1, 0.15) is 5.75 Å². The summed E-state index contributed by atoms with van der Waals surface area (Å²) >= 11 is 6.42. The monoisotopic (exact) mass is 598 g/mol. The van der Waals surface area contributed by atoms with Crippen molar-refractivity contribution in [2.75, 3.05) is 10.6 Å². The summed E-state index contributed by atoms with van der Waals surface area (Å²) in [5.41, 5.74) is 3.64. The van der Waals surface area contributed by atoms with Gasteiger partial charge in [-0.05, 0) is 59.6 Å². The lowest BCUT2D eigenvalue weighted by atomic mass is 10.0. The van der Waals surface area contributed by atoms with Crippen molar-refractivity contribution in [3.05, 3.63) is 113 Å². The zero-order valence-electron chi connectivity index (χ0n) is 22.8. The Morgan fingerprint density at radius 1 is 0.929 bits per heavy atom. The number of thiophene rings is 1. The molecule has 0 saturated heterocycles. The quantitative estimate of drug-likeness (QED) is 0.159. The molecule has 0 radical (unpaired) electrons. The topological polar surface area (TPSA) is 92.3 Å². The molecule has 5 rings (SSSR count). The number of nitrogens with one attached hydrogen (secondary N) is 3. The Kier molecular flexibility index (Phi) is 8.85. The second-order valence-electron chi connectivity index (χ2n) is 9.78. The molecule has 2 aromatic heterocycles. The van der Waals surface area contributed by atoms with Crippen LogP contribution in [0.4, 0.5) is 15.8 Å². The molecule has 0 saturated carbocycles. The molecule has 10 heteroatoms. The number of amides is 2. The van der Waals surface area contributed by atoms with Crippen molar-refractivity contribution in [3.8, 4) is 11.5 Å². The highest BCUT2D eigenvalue weighted by Crippen LogP contribution is 2.36. The molecule has 5 aromatic rings. The summed E-state index contributed by atoms with van der Waals surface area (Å²) in [6, 6.07) is 24.6. The molecule has 7 nitrogen and oxygen atoms in total. The minimum Gasteiger partial charge on any atom is -0.453 e. The van der Waals surface area contributed by atoms with E-state index >= 15 is 4.39 Å². The number of nitrogens with zero attached hydrogens (tertiary/aromatic N) is 1. The summed E-state index contributed by atoms with van der Waals surface area (Å²) in [4.78, 5) is 30.0.